The molecular weight excluding hydrogens is 424 g/mol. The van der Waals surface area contributed by atoms with Crippen LogP contribution in [0, 0.1) is 57.2 Å². The number of aliphatic carboxylic acids is 2. The van der Waals surface area contributed by atoms with Crippen LogP contribution >= 0.6 is 0 Å². The van der Waals surface area contributed by atoms with E-state index in [-0.39, 0.29) is 23.7 Å². The van der Waals surface area contributed by atoms with Gasteiger partial charge in [0.25, 0.3) is 0 Å². The summed E-state index contributed by atoms with van der Waals surface area (Å²) in [6.07, 6.45) is 10.6. The van der Waals surface area contributed by atoms with E-state index in [0.29, 0.717) is 11.3 Å². The molecule has 8 atom stereocenters. The van der Waals surface area contributed by atoms with Gasteiger partial charge in [0, 0.05) is 0 Å². The number of hydrogen-bond acceptors (Lipinski definition) is 2. The van der Waals surface area contributed by atoms with Gasteiger partial charge in [0.1, 0.15) is 0 Å². The third-order valence-electron chi connectivity index (χ3n) is 11.9. The lowest BCUT2D eigenvalue weighted by Crippen LogP contribution is -2.59. The minimum absolute atomic E-state index is 0.0807. The molecule has 3 aliphatic rings. The molecule has 0 saturated heterocycles. The van der Waals surface area contributed by atoms with E-state index in [2.05, 4.69) is 41.5 Å². The topological polar surface area (TPSA) is 74.6 Å². The zero-order valence-corrected chi connectivity index (χ0v) is 23.2. The molecule has 3 rings (SSSR count). The van der Waals surface area contributed by atoms with Crippen molar-refractivity contribution in [1.82, 2.24) is 0 Å². The maximum Gasteiger partial charge on any atom is 0.309 e. The number of hydrogen-bond donors (Lipinski definition) is 2. The molecule has 3 saturated carbocycles. The minimum atomic E-state index is -0.917. The second-order valence-corrected chi connectivity index (χ2v) is 14.3. The van der Waals surface area contributed by atoms with E-state index < -0.39 is 22.8 Å². The summed E-state index contributed by atoms with van der Waals surface area (Å²) in [5, 5.41) is 20.0. The predicted molar refractivity (Wildman–Crippen MR) is 138 cm³/mol. The fraction of sp³-hybridized carbons (Fsp3) is 0.933. The van der Waals surface area contributed by atoms with Crippen LogP contribution in [-0.4, -0.2) is 22.2 Å². The Balaban J connectivity index is 1.91. The van der Waals surface area contributed by atoms with E-state index in [1.54, 1.807) is 0 Å². The van der Waals surface area contributed by atoms with E-state index in [4.69, 9.17) is 0 Å². The fourth-order valence-corrected chi connectivity index (χ4v) is 9.78. The first-order valence-electron chi connectivity index (χ1n) is 14.1. The molecule has 3 fully saturated rings. The van der Waals surface area contributed by atoms with Crippen molar-refractivity contribution in [2.45, 2.75) is 120 Å². The SMILES string of the molecule is CC(C)CCC[C@H](C)[C@H]1CC[C@@]2(C)[C@H]3CC[C@H](C(C)(C)C(=O)O)[C@@](C)(CC(=O)O)[C@@H]3CC[C@]12C. The van der Waals surface area contributed by atoms with E-state index in [1.807, 2.05) is 13.8 Å². The van der Waals surface area contributed by atoms with Gasteiger partial charge in [0.15, 0.2) is 0 Å². The first-order valence-corrected chi connectivity index (χ1v) is 14.1. The lowest BCUT2D eigenvalue weighted by Gasteiger charge is -2.65. The zero-order chi connectivity index (χ0) is 25.7. The summed E-state index contributed by atoms with van der Waals surface area (Å²) in [5.74, 6) is 1.32. The summed E-state index contributed by atoms with van der Waals surface area (Å²) in [7, 11) is 0. The molecule has 0 aliphatic heterocycles. The molecule has 4 heteroatoms. The van der Waals surface area contributed by atoms with Crippen molar-refractivity contribution in [3.8, 4) is 0 Å². The molecule has 0 aromatic carbocycles. The molecule has 196 valence electrons. The third kappa shape index (κ3) is 4.34. The van der Waals surface area contributed by atoms with Crippen LogP contribution in [0.1, 0.15) is 120 Å². The Morgan fingerprint density at radius 2 is 1.50 bits per heavy atom. The average Bonchev–Trinajstić information content (AvgIpc) is 2.98. The number of carboxylic acids is 2. The van der Waals surface area contributed by atoms with E-state index in [1.165, 1.54) is 32.1 Å². The van der Waals surface area contributed by atoms with Crippen LogP contribution in [0.25, 0.3) is 0 Å². The van der Waals surface area contributed by atoms with Crippen LogP contribution in [0.15, 0.2) is 0 Å². The van der Waals surface area contributed by atoms with Gasteiger partial charge < -0.3 is 10.2 Å². The van der Waals surface area contributed by atoms with Gasteiger partial charge in [-0.1, -0.05) is 60.8 Å². The number of carboxylic acid groups (broad SMARTS) is 2. The number of rotatable bonds is 9. The highest BCUT2D eigenvalue weighted by Gasteiger charge is 2.67. The zero-order valence-electron chi connectivity index (χ0n) is 23.2. The second kappa shape index (κ2) is 9.43. The standard InChI is InChI=1S/C30H52O4/c1-19(2)10-9-11-20(3)21-14-16-30(8)23-12-13-24(27(4,5)26(33)34)28(6,18-25(31)32)22(23)15-17-29(21,30)7/h19-24H,9-18H2,1-8H3,(H,31,32)(H,33,34)/t20-,21+,22+,23-,24+,28-,29+,30-/m0/s1. The number of carbonyl (C=O) groups is 2. The highest BCUT2D eigenvalue weighted by atomic mass is 16.4. The van der Waals surface area contributed by atoms with Crippen molar-refractivity contribution in [1.29, 1.82) is 0 Å². The Labute approximate surface area is 208 Å². The van der Waals surface area contributed by atoms with Crippen molar-refractivity contribution >= 4 is 11.9 Å². The Hall–Kier alpha value is -1.06. The highest BCUT2D eigenvalue weighted by molar-refractivity contribution is 5.75. The summed E-state index contributed by atoms with van der Waals surface area (Å²) < 4.78 is 0. The van der Waals surface area contributed by atoms with Gasteiger partial charge >= 0.3 is 11.9 Å². The van der Waals surface area contributed by atoms with Gasteiger partial charge in [-0.25, -0.2) is 0 Å². The summed E-state index contributed by atoms with van der Waals surface area (Å²) in [5.41, 5.74) is -0.891. The van der Waals surface area contributed by atoms with Crippen LogP contribution in [0.3, 0.4) is 0 Å². The molecule has 0 aromatic rings. The van der Waals surface area contributed by atoms with Gasteiger partial charge in [-0.3, -0.25) is 9.59 Å². The molecule has 2 N–H and O–H groups in total. The average molecular weight is 477 g/mol. The Bertz CT molecular complexity index is 772. The summed E-state index contributed by atoms with van der Waals surface area (Å²) >= 11 is 0. The van der Waals surface area contributed by atoms with Gasteiger partial charge in [-0.2, -0.15) is 0 Å². The van der Waals surface area contributed by atoms with Crippen molar-refractivity contribution in [3.05, 3.63) is 0 Å². The quantitative estimate of drug-likeness (QED) is 0.355. The minimum Gasteiger partial charge on any atom is -0.481 e. The molecular formula is C30H52O4. The molecule has 34 heavy (non-hydrogen) atoms. The lowest BCUT2D eigenvalue weighted by atomic mass is 9.39. The van der Waals surface area contributed by atoms with Gasteiger partial charge in [-0.05, 0) is 104 Å². The monoisotopic (exact) mass is 476 g/mol. The van der Waals surface area contributed by atoms with Crippen molar-refractivity contribution in [2.75, 3.05) is 0 Å². The molecule has 0 amide bonds. The molecule has 3 aliphatic carbocycles. The largest absolute Gasteiger partial charge is 0.481 e. The molecule has 4 nitrogen and oxygen atoms in total. The maximum absolute atomic E-state index is 12.2. The molecule has 0 unspecified atom stereocenters. The Morgan fingerprint density at radius 1 is 0.882 bits per heavy atom. The predicted octanol–water partition coefficient (Wildman–Crippen LogP) is 7.90. The third-order valence-corrected chi connectivity index (χ3v) is 11.9. The first-order chi connectivity index (χ1) is 15.6. The summed E-state index contributed by atoms with van der Waals surface area (Å²) in [6, 6.07) is 0. The van der Waals surface area contributed by atoms with Crippen LogP contribution in [0.5, 0.6) is 0 Å². The molecule has 0 spiro atoms. The van der Waals surface area contributed by atoms with Crippen molar-refractivity contribution in [3.63, 3.8) is 0 Å². The fourth-order valence-electron chi connectivity index (χ4n) is 9.78. The van der Waals surface area contributed by atoms with Crippen LogP contribution in [-0.2, 0) is 9.59 Å². The van der Waals surface area contributed by atoms with Gasteiger partial charge in [-0.15, -0.1) is 0 Å². The van der Waals surface area contributed by atoms with E-state index in [0.717, 1.165) is 43.4 Å². The lowest BCUT2D eigenvalue weighted by molar-refractivity contribution is -0.186. The molecule has 0 aromatic heterocycles. The van der Waals surface area contributed by atoms with E-state index >= 15 is 0 Å². The van der Waals surface area contributed by atoms with Crippen LogP contribution in [0.2, 0.25) is 0 Å². The Kier molecular flexibility index (Phi) is 7.64. The molecule has 0 radical (unpaired) electrons. The molecule has 0 bridgehead atoms. The summed E-state index contributed by atoms with van der Waals surface area (Å²) in [6.45, 7) is 18.0. The maximum atomic E-state index is 12.2. The first kappa shape index (κ1) is 27.5. The normalized spacial score (nSPS) is 41.1. The van der Waals surface area contributed by atoms with Crippen LogP contribution in [0.4, 0.5) is 0 Å². The van der Waals surface area contributed by atoms with Crippen molar-refractivity contribution in [2.24, 2.45) is 57.2 Å². The van der Waals surface area contributed by atoms with Crippen LogP contribution < -0.4 is 0 Å². The Morgan fingerprint density at radius 3 is 2.06 bits per heavy atom. The smallest absolute Gasteiger partial charge is 0.309 e. The highest BCUT2D eigenvalue weighted by Crippen LogP contribution is 2.73. The molecule has 0 heterocycles. The van der Waals surface area contributed by atoms with Gasteiger partial charge in [0.05, 0.1) is 11.8 Å². The summed E-state index contributed by atoms with van der Waals surface area (Å²) in [4.78, 5) is 24.4. The van der Waals surface area contributed by atoms with Gasteiger partial charge in [0.2, 0.25) is 0 Å². The van der Waals surface area contributed by atoms with Crippen molar-refractivity contribution < 1.29 is 19.8 Å². The second-order valence-electron chi connectivity index (χ2n) is 14.3. The van der Waals surface area contributed by atoms with E-state index in [9.17, 15) is 19.8 Å². The number of fused-ring (bicyclic) bond motifs is 3.